The first-order valence-electron chi connectivity index (χ1n) is 8.06. The predicted molar refractivity (Wildman–Crippen MR) is 93.1 cm³/mol. The SMILES string of the molecule is CCc1nc2nc(C)c(CC(=O)Nc3ccccc3C)c(C)n2n1. The number of hydrogen-bond donors (Lipinski definition) is 1. The Morgan fingerprint density at radius 2 is 1.92 bits per heavy atom. The molecule has 1 N–H and O–H groups in total. The van der Waals surface area contributed by atoms with Crippen molar-refractivity contribution in [2.45, 2.75) is 40.5 Å². The Morgan fingerprint density at radius 3 is 2.62 bits per heavy atom. The van der Waals surface area contributed by atoms with Crippen molar-refractivity contribution >= 4 is 17.4 Å². The van der Waals surface area contributed by atoms with Crippen molar-refractivity contribution in [3.8, 4) is 0 Å². The lowest BCUT2D eigenvalue weighted by atomic mass is 10.1. The van der Waals surface area contributed by atoms with E-state index in [2.05, 4.69) is 20.4 Å². The maximum atomic E-state index is 12.5. The molecule has 0 radical (unpaired) electrons. The quantitative estimate of drug-likeness (QED) is 0.801. The highest BCUT2D eigenvalue weighted by Crippen LogP contribution is 2.17. The minimum Gasteiger partial charge on any atom is -0.326 e. The third-order valence-corrected chi connectivity index (χ3v) is 4.17. The molecule has 0 aliphatic heterocycles. The Morgan fingerprint density at radius 1 is 1.17 bits per heavy atom. The first-order chi connectivity index (χ1) is 11.5. The molecule has 24 heavy (non-hydrogen) atoms. The third-order valence-electron chi connectivity index (χ3n) is 4.17. The van der Waals surface area contributed by atoms with Crippen LogP contribution in [0.4, 0.5) is 5.69 Å². The summed E-state index contributed by atoms with van der Waals surface area (Å²) >= 11 is 0. The number of rotatable bonds is 4. The van der Waals surface area contributed by atoms with E-state index in [1.807, 2.05) is 52.0 Å². The minimum atomic E-state index is -0.0625. The molecule has 0 spiro atoms. The van der Waals surface area contributed by atoms with Gasteiger partial charge in [-0.2, -0.15) is 4.98 Å². The van der Waals surface area contributed by atoms with Crippen LogP contribution in [-0.2, 0) is 17.6 Å². The van der Waals surface area contributed by atoms with Crippen LogP contribution in [0.5, 0.6) is 0 Å². The van der Waals surface area contributed by atoms with E-state index >= 15 is 0 Å². The number of aryl methyl sites for hydroxylation is 4. The molecule has 2 heterocycles. The van der Waals surface area contributed by atoms with Crippen molar-refractivity contribution in [1.29, 1.82) is 0 Å². The van der Waals surface area contributed by atoms with Gasteiger partial charge in [-0.3, -0.25) is 4.79 Å². The normalized spacial score (nSPS) is 11.0. The van der Waals surface area contributed by atoms with Crippen molar-refractivity contribution in [2.24, 2.45) is 0 Å². The fourth-order valence-corrected chi connectivity index (χ4v) is 2.72. The van der Waals surface area contributed by atoms with Gasteiger partial charge in [-0.15, -0.1) is 5.10 Å². The first kappa shape index (κ1) is 16.1. The highest BCUT2D eigenvalue weighted by molar-refractivity contribution is 5.93. The molecule has 6 heteroatoms. The molecule has 1 amide bonds. The van der Waals surface area contributed by atoms with Gasteiger partial charge in [-0.05, 0) is 32.4 Å². The lowest BCUT2D eigenvalue weighted by Crippen LogP contribution is -2.18. The summed E-state index contributed by atoms with van der Waals surface area (Å²) in [6.45, 7) is 7.84. The third kappa shape index (κ3) is 2.99. The Hall–Kier alpha value is -2.76. The van der Waals surface area contributed by atoms with Gasteiger partial charge in [-0.25, -0.2) is 9.50 Å². The van der Waals surface area contributed by atoms with Crippen LogP contribution >= 0.6 is 0 Å². The standard InChI is InChI=1S/C18H21N5O/c1-5-16-21-18-19-12(3)14(13(4)23(18)22-16)10-17(24)20-15-9-7-6-8-11(15)2/h6-9H,5,10H2,1-4H3,(H,20,24). The van der Waals surface area contributed by atoms with E-state index in [0.29, 0.717) is 5.78 Å². The van der Waals surface area contributed by atoms with E-state index < -0.39 is 0 Å². The van der Waals surface area contributed by atoms with E-state index in [-0.39, 0.29) is 12.3 Å². The highest BCUT2D eigenvalue weighted by atomic mass is 16.1. The van der Waals surface area contributed by atoms with Crippen LogP contribution in [0.25, 0.3) is 5.78 Å². The molecule has 0 aliphatic rings. The van der Waals surface area contributed by atoms with Crippen LogP contribution in [0.3, 0.4) is 0 Å². The Kier molecular flexibility index (Phi) is 4.29. The molecule has 2 aromatic heterocycles. The molecule has 0 saturated carbocycles. The molecule has 3 aromatic rings. The Balaban J connectivity index is 1.89. The van der Waals surface area contributed by atoms with Crippen molar-refractivity contribution in [3.63, 3.8) is 0 Å². The number of nitrogens with zero attached hydrogens (tertiary/aromatic N) is 4. The fourth-order valence-electron chi connectivity index (χ4n) is 2.72. The average Bonchev–Trinajstić information content (AvgIpc) is 2.97. The molecular weight excluding hydrogens is 302 g/mol. The van der Waals surface area contributed by atoms with E-state index in [4.69, 9.17) is 0 Å². The van der Waals surface area contributed by atoms with Gasteiger partial charge in [-0.1, -0.05) is 25.1 Å². The molecule has 0 saturated heterocycles. The van der Waals surface area contributed by atoms with Crippen molar-refractivity contribution in [3.05, 3.63) is 52.6 Å². The van der Waals surface area contributed by atoms with Gasteiger partial charge in [0, 0.05) is 29.1 Å². The molecule has 1 aromatic carbocycles. The van der Waals surface area contributed by atoms with Gasteiger partial charge in [0.05, 0.1) is 6.42 Å². The number of para-hydroxylation sites is 1. The summed E-state index contributed by atoms with van der Waals surface area (Å²) in [4.78, 5) is 21.3. The summed E-state index contributed by atoms with van der Waals surface area (Å²) in [5.74, 6) is 1.28. The predicted octanol–water partition coefficient (Wildman–Crippen LogP) is 2.79. The zero-order chi connectivity index (χ0) is 17.3. The van der Waals surface area contributed by atoms with E-state index in [1.165, 1.54) is 0 Å². The van der Waals surface area contributed by atoms with Gasteiger partial charge < -0.3 is 5.32 Å². The minimum absolute atomic E-state index is 0.0625. The molecule has 3 rings (SSSR count). The number of nitrogens with one attached hydrogen (secondary N) is 1. The zero-order valence-corrected chi connectivity index (χ0v) is 14.4. The number of fused-ring (bicyclic) bond motifs is 1. The maximum Gasteiger partial charge on any atom is 0.252 e. The summed E-state index contributed by atoms with van der Waals surface area (Å²) in [5, 5.41) is 7.41. The summed E-state index contributed by atoms with van der Waals surface area (Å²) in [5.41, 5.74) is 4.48. The van der Waals surface area contributed by atoms with Crippen LogP contribution in [0, 0.1) is 20.8 Å². The number of aromatic nitrogens is 4. The smallest absolute Gasteiger partial charge is 0.252 e. The number of hydrogen-bond acceptors (Lipinski definition) is 4. The molecule has 6 nitrogen and oxygen atoms in total. The molecule has 0 unspecified atom stereocenters. The summed E-state index contributed by atoms with van der Waals surface area (Å²) in [6, 6.07) is 7.74. The molecule has 0 fully saturated rings. The lowest BCUT2D eigenvalue weighted by Gasteiger charge is -2.12. The van der Waals surface area contributed by atoms with Crippen LogP contribution in [0.1, 0.15) is 35.3 Å². The number of carbonyl (C=O) groups excluding carboxylic acids is 1. The van der Waals surface area contributed by atoms with Gasteiger partial charge in [0.15, 0.2) is 5.82 Å². The molecular formula is C18H21N5O. The van der Waals surface area contributed by atoms with Crippen molar-refractivity contribution in [1.82, 2.24) is 19.6 Å². The van der Waals surface area contributed by atoms with Gasteiger partial charge in [0.25, 0.3) is 5.78 Å². The number of anilines is 1. The molecule has 0 atom stereocenters. The summed E-state index contributed by atoms with van der Waals surface area (Å²) in [7, 11) is 0. The van der Waals surface area contributed by atoms with Gasteiger partial charge in [0.1, 0.15) is 0 Å². The van der Waals surface area contributed by atoms with Gasteiger partial charge in [0.2, 0.25) is 5.91 Å². The number of carbonyl (C=O) groups is 1. The largest absolute Gasteiger partial charge is 0.326 e. The topological polar surface area (TPSA) is 72.2 Å². The summed E-state index contributed by atoms with van der Waals surface area (Å²) < 4.78 is 1.72. The second-order valence-electron chi connectivity index (χ2n) is 5.89. The van der Waals surface area contributed by atoms with Crippen LogP contribution in [-0.4, -0.2) is 25.5 Å². The second kappa shape index (κ2) is 6.39. The number of benzene rings is 1. The van der Waals surface area contributed by atoms with Crippen LogP contribution in [0.2, 0.25) is 0 Å². The Bertz CT molecular complexity index is 913. The molecule has 0 aliphatic carbocycles. The van der Waals surface area contributed by atoms with E-state index in [9.17, 15) is 4.79 Å². The molecule has 124 valence electrons. The summed E-state index contributed by atoms with van der Waals surface area (Å²) in [6.07, 6.45) is 1.02. The van der Waals surface area contributed by atoms with Gasteiger partial charge >= 0.3 is 0 Å². The second-order valence-corrected chi connectivity index (χ2v) is 5.89. The molecule has 0 bridgehead atoms. The Labute approximate surface area is 141 Å². The first-order valence-corrected chi connectivity index (χ1v) is 8.06. The van der Waals surface area contributed by atoms with E-state index in [0.717, 1.165) is 40.4 Å². The highest BCUT2D eigenvalue weighted by Gasteiger charge is 2.16. The fraction of sp³-hybridized carbons (Fsp3) is 0.333. The average molecular weight is 323 g/mol. The number of amides is 1. The van der Waals surface area contributed by atoms with Crippen molar-refractivity contribution < 1.29 is 4.79 Å². The van der Waals surface area contributed by atoms with Crippen molar-refractivity contribution in [2.75, 3.05) is 5.32 Å². The van der Waals surface area contributed by atoms with Crippen LogP contribution in [0.15, 0.2) is 24.3 Å². The monoisotopic (exact) mass is 323 g/mol. The van der Waals surface area contributed by atoms with E-state index in [1.54, 1.807) is 4.52 Å². The lowest BCUT2D eigenvalue weighted by molar-refractivity contribution is -0.115. The van der Waals surface area contributed by atoms with Crippen LogP contribution < -0.4 is 5.32 Å². The zero-order valence-electron chi connectivity index (χ0n) is 14.4. The maximum absolute atomic E-state index is 12.5.